The molecule has 132 heavy (non-hydrogen) atoms. The molecule has 0 spiro atoms. The number of anilines is 4. The van der Waals surface area contributed by atoms with E-state index in [-0.39, 0.29) is 67.2 Å². The lowest BCUT2D eigenvalue weighted by Gasteiger charge is -2.18. The number of rotatable bonds is 21. The highest BCUT2D eigenvalue weighted by Gasteiger charge is 2.41. The predicted octanol–water partition coefficient (Wildman–Crippen LogP) is 17.6. The standard InChI is InChI=1S/2C25H20ClN3O4.C25H18ClN3O3.C15H12ClN3O.C10H8O3.CH4/c26-20-11-10-15(12-21-17-8-4-5-9-18(17)25(33)29-28-21)13-22(20)27-24(32)19(14-23(30)31)16-6-2-1-3-7-16;26-20-11-10-15(12-21-17-8-4-5-9-18(17)24(31)29-28-21)13-22(20)27-23(30)14-19(25(32)33)16-6-2-1-3-7-16;26-20-11-10-15(12-21-17-8-4-5-9-18(17)24(31)28-27-21)13-22(20)29-23(30)14-19(25(29)32)16-6-2-1-3-7-16;16-12-6-5-9(7-13(12)17)8-14-10-3-1-2-4-11(10)15(20)19-18-14;11-9-6-8(10(12)13-9)7-4-2-1-3-5-7;/h1-11,13,19H,12,14H2,(H,27,32)(H,29,33)(H,30,31);1-11,13,19H,12,14H2,(H,27,30)(H,29,31)(H,32,33);1-11,13,19H,12,14H2,(H,28,31);1-7H,8,17H2,(H,19,20);1-5,8H,6H2;1H4. The van der Waals surface area contributed by atoms with E-state index in [4.69, 9.17) is 52.1 Å². The van der Waals surface area contributed by atoms with Gasteiger partial charge in [-0.1, -0.05) is 272 Å². The number of carboxylic acids is 2. The number of carbonyl (C=O) groups excluding carboxylic acids is 6. The van der Waals surface area contributed by atoms with Crippen LogP contribution in [-0.4, -0.2) is 98.5 Å². The fourth-order valence-corrected chi connectivity index (χ4v) is 15.9. The molecule has 6 heterocycles. The molecule has 2 saturated heterocycles. The molecule has 12 aromatic carbocycles. The largest absolute Gasteiger partial charge is 0.481 e. The van der Waals surface area contributed by atoms with Gasteiger partial charge < -0.3 is 31.3 Å². The van der Waals surface area contributed by atoms with Crippen LogP contribution >= 0.6 is 46.4 Å². The highest BCUT2D eigenvalue weighted by molar-refractivity contribution is 6.36. The molecule has 0 radical (unpaired) electrons. The van der Waals surface area contributed by atoms with E-state index in [0.29, 0.717) is 118 Å². The number of nitrogens with one attached hydrogen (secondary N) is 6. The van der Waals surface area contributed by atoms with Gasteiger partial charge in [0.2, 0.25) is 23.6 Å². The number of halogens is 4. The van der Waals surface area contributed by atoms with Gasteiger partial charge in [0, 0.05) is 60.1 Å². The second-order valence-electron chi connectivity index (χ2n) is 30.5. The lowest BCUT2D eigenvalue weighted by atomic mass is 9.94. The van der Waals surface area contributed by atoms with Crippen molar-refractivity contribution in [2.24, 2.45) is 0 Å². The number of aromatic amines is 4. The van der Waals surface area contributed by atoms with Crippen LogP contribution in [0, 0.1) is 0 Å². The third kappa shape index (κ3) is 23.1. The molecule has 0 bridgehead atoms. The lowest BCUT2D eigenvalue weighted by Crippen LogP contribution is -2.30. The number of aliphatic carboxylic acids is 2. The zero-order valence-corrected chi connectivity index (χ0v) is 72.2. The van der Waals surface area contributed by atoms with Crippen molar-refractivity contribution in [1.29, 1.82) is 0 Å². The Bertz CT molecular complexity index is 7290. The zero-order valence-electron chi connectivity index (χ0n) is 69.2. The molecule has 2 fully saturated rings. The van der Waals surface area contributed by atoms with Gasteiger partial charge in [-0.15, -0.1) is 0 Å². The van der Waals surface area contributed by atoms with Crippen molar-refractivity contribution in [2.45, 2.75) is 82.5 Å². The van der Waals surface area contributed by atoms with Crippen molar-refractivity contribution in [3.05, 3.63) is 420 Å². The Kier molecular flexibility index (Phi) is 30.9. The number of carboxylic acid groups (broad SMARTS) is 2. The van der Waals surface area contributed by atoms with Gasteiger partial charge in [-0.25, -0.2) is 25.3 Å². The maximum Gasteiger partial charge on any atom is 0.321 e. The third-order valence-corrected chi connectivity index (χ3v) is 23.0. The summed E-state index contributed by atoms with van der Waals surface area (Å²) in [5.41, 5.74) is 15.6. The molecule has 0 saturated carbocycles. The molecule has 27 nitrogen and oxygen atoms in total. The molecule has 18 rings (SSSR count). The number of amides is 4. The normalized spacial score (nSPS) is 13.6. The number of hydrogen-bond acceptors (Lipinski definition) is 18. The molecule has 31 heteroatoms. The highest BCUT2D eigenvalue weighted by atomic mass is 35.5. The Hall–Kier alpha value is -15.7. The molecule has 4 aromatic heterocycles. The molecule has 4 atom stereocenters. The van der Waals surface area contributed by atoms with Crippen LogP contribution in [-0.2, 0) is 68.8 Å². The summed E-state index contributed by atoms with van der Waals surface area (Å²) in [4.78, 5) is 146. The van der Waals surface area contributed by atoms with Crippen LogP contribution in [0.15, 0.2) is 310 Å². The summed E-state index contributed by atoms with van der Waals surface area (Å²) in [6.07, 6.45) is 1.48. The SMILES string of the molecule is C.Nc1cc(Cc2n[nH]c(=O)c3ccccc23)ccc1Cl.O=C(CC(C(=O)O)c1ccccc1)Nc1cc(Cc2n[nH]c(=O)c3ccccc23)ccc1Cl.O=C(O)CC(C(=O)Nc1cc(Cc2n[nH]c(=O)c3ccccc23)ccc1Cl)c1ccccc1.O=C1CC(c2ccccc2)C(=O)N1c1cc(Cc2n[nH]c(=O)c3ccccc23)ccc1Cl.O=C1CC(c2ccccc2)C(=O)O1. The van der Waals surface area contributed by atoms with E-state index < -0.39 is 59.4 Å². The number of aromatic nitrogens is 8. The van der Waals surface area contributed by atoms with Crippen LogP contribution in [0.4, 0.5) is 22.7 Å². The van der Waals surface area contributed by atoms with Gasteiger partial charge >= 0.3 is 23.9 Å². The van der Waals surface area contributed by atoms with Gasteiger partial charge in [0.1, 0.15) is 0 Å². The van der Waals surface area contributed by atoms with E-state index in [1.807, 2.05) is 146 Å². The topological polar surface area (TPSA) is 423 Å². The third-order valence-electron chi connectivity index (χ3n) is 21.7. The highest BCUT2D eigenvalue weighted by Crippen LogP contribution is 2.39. The number of imide groups is 1. The second kappa shape index (κ2) is 43.4. The van der Waals surface area contributed by atoms with Crippen molar-refractivity contribution < 1.29 is 53.3 Å². The van der Waals surface area contributed by atoms with Gasteiger partial charge in [-0.3, -0.25) is 57.5 Å². The summed E-state index contributed by atoms with van der Waals surface area (Å²) in [7, 11) is 0. The Morgan fingerprint density at radius 3 is 1.14 bits per heavy atom. The van der Waals surface area contributed by atoms with Crippen LogP contribution in [0.1, 0.15) is 124 Å². The quantitative estimate of drug-likeness (QED) is 0.0140. The first-order valence-electron chi connectivity index (χ1n) is 40.9. The fourth-order valence-electron chi connectivity index (χ4n) is 15.2. The Labute approximate surface area is 772 Å². The van der Waals surface area contributed by atoms with Crippen LogP contribution in [0.3, 0.4) is 0 Å². The van der Waals surface area contributed by atoms with E-state index in [2.05, 4.69) is 56.2 Å². The van der Waals surface area contributed by atoms with E-state index in [1.54, 1.807) is 146 Å². The first kappa shape index (κ1) is 93.9. The molecule has 10 N–H and O–H groups in total. The summed E-state index contributed by atoms with van der Waals surface area (Å²) in [5.74, 6) is -7.26. The van der Waals surface area contributed by atoms with Crippen LogP contribution in [0.5, 0.6) is 0 Å². The number of ether oxygens (including phenoxy) is 1. The molecule has 4 unspecified atom stereocenters. The maximum absolute atomic E-state index is 13.1. The number of nitrogens with zero attached hydrogens (tertiary/aromatic N) is 5. The molecule has 2 aliphatic heterocycles. The summed E-state index contributed by atoms with van der Waals surface area (Å²) >= 11 is 24.9. The summed E-state index contributed by atoms with van der Waals surface area (Å²) < 4.78 is 4.45. The Morgan fingerprint density at radius 1 is 0.402 bits per heavy atom. The number of benzene rings is 12. The fraction of sp³-hybridized carbons (Fsp3) is 0.129. The van der Waals surface area contributed by atoms with E-state index in [1.165, 1.54) is 4.90 Å². The van der Waals surface area contributed by atoms with E-state index >= 15 is 0 Å². The molecule has 16 aromatic rings. The van der Waals surface area contributed by atoms with Crippen molar-refractivity contribution in [2.75, 3.05) is 21.3 Å². The minimum atomic E-state index is -1.08. The van der Waals surface area contributed by atoms with Crippen molar-refractivity contribution in [1.82, 2.24) is 40.8 Å². The zero-order chi connectivity index (χ0) is 92.4. The van der Waals surface area contributed by atoms with Gasteiger partial charge in [-0.05, 0) is 117 Å². The number of H-pyrrole nitrogens is 4. The van der Waals surface area contributed by atoms with Crippen LogP contribution in [0.2, 0.25) is 20.1 Å². The average Bonchev–Trinajstić information content (AvgIpc) is 1.55. The first-order valence-corrected chi connectivity index (χ1v) is 42.4. The monoisotopic (exact) mass is 1840 g/mol. The Balaban J connectivity index is 0.000000144. The number of nitrogen functional groups attached to an aromatic ring is 1. The first-order chi connectivity index (χ1) is 63.3. The number of nitrogens with two attached hydrogens (primary N) is 1. The van der Waals surface area contributed by atoms with Crippen molar-refractivity contribution in [3.8, 4) is 0 Å². The number of carbonyl (C=O) groups is 8. The predicted molar refractivity (Wildman–Crippen MR) is 509 cm³/mol. The van der Waals surface area contributed by atoms with Crippen molar-refractivity contribution >= 4 is 160 Å². The second-order valence-corrected chi connectivity index (χ2v) is 32.1. The molecule has 664 valence electrons. The number of cyclic esters (lactones) is 2. The van der Waals surface area contributed by atoms with Gasteiger partial charge in [0.25, 0.3) is 22.2 Å². The van der Waals surface area contributed by atoms with E-state index in [0.717, 1.165) is 60.6 Å². The van der Waals surface area contributed by atoms with Gasteiger partial charge in [0.15, 0.2) is 0 Å². The number of hydrogen-bond donors (Lipinski definition) is 9. The minimum Gasteiger partial charge on any atom is -0.481 e. The summed E-state index contributed by atoms with van der Waals surface area (Å²) in [6, 6.07) is 86.0. The molecule has 2 aliphatic rings. The molecule has 4 amide bonds. The number of esters is 2. The average molecular weight is 1850 g/mol. The van der Waals surface area contributed by atoms with Crippen LogP contribution in [0.25, 0.3) is 43.1 Å². The van der Waals surface area contributed by atoms with Crippen LogP contribution < -0.4 is 43.5 Å². The lowest BCUT2D eigenvalue weighted by molar-refractivity contribution is -0.152. The summed E-state index contributed by atoms with van der Waals surface area (Å²) in [5, 5.41) is 58.1. The Morgan fingerprint density at radius 2 is 0.750 bits per heavy atom. The molecule has 0 aliphatic carbocycles. The molecular weight excluding hydrogens is 1760 g/mol. The minimum absolute atomic E-state index is 0. The van der Waals surface area contributed by atoms with Crippen molar-refractivity contribution in [3.63, 3.8) is 0 Å². The maximum atomic E-state index is 13.1. The van der Waals surface area contributed by atoms with Gasteiger partial charge in [0.05, 0.1) is 124 Å². The smallest absolute Gasteiger partial charge is 0.321 e. The van der Waals surface area contributed by atoms with Gasteiger partial charge in [-0.2, -0.15) is 20.4 Å². The number of fused-ring (bicyclic) bond motifs is 4. The molecular formula is C101H82Cl4N12O15. The summed E-state index contributed by atoms with van der Waals surface area (Å²) in [6.45, 7) is 0. The van der Waals surface area contributed by atoms with E-state index in [9.17, 15) is 67.7 Å².